The summed E-state index contributed by atoms with van der Waals surface area (Å²) in [7, 11) is 1.59. The fourth-order valence-corrected chi connectivity index (χ4v) is 2.64. The summed E-state index contributed by atoms with van der Waals surface area (Å²) < 4.78 is 6.04. The minimum Gasteiger partial charge on any atom is -0.497 e. The highest BCUT2D eigenvalue weighted by Crippen LogP contribution is 2.22. The fraction of sp³-hybridized carbons (Fsp3) is 0.125. The maximum Gasteiger partial charge on any atom is 0.231 e. The van der Waals surface area contributed by atoms with E-state index >= 15 is 0 Å². The van der Waals surface area contributed by atoms with Crippen LogP contribution >= 0.6 is 15.9 Å². The lowest BCUT2D eigenvalue weighted by molar-refractivity contribution is -0.115. The summed E-state index contributed by atoms with van der Waals surface area (Å²) >= 11 is 3.45. The van der Waals surface area contributed by atoms with Gasteiger partial charge in [-0.2, -0.15) is 0 Å². The van der Waals surface area contributed by atoms with Crippen molar-refractivity contribution in [3.05, 3.63) is 52.8 Å². The van der Waals surface area contributed by atoms with E-state index in [1.165, 1.54) is 0 Å². The Kier molecular flexibility index (Phi) is 4.11. The molecule has 1 amide bonds. The molecule has 0 radical (unpaired) electrons. The van der Waals surface area contributed by atoms with Crippen molar-refractivity contribution in [2.75, 3.05) is 12.4 Å². The molecule has 1 heterocycles. The SMILES string of the molecule is COc1cccc(NC(=O)Cc2nc3c(Br)cccc3[nH]2)c1. The van der Waals surface area contributed by atoms with Crippen molar-refractivity contribution in [2.24, 2.45) is 0 Å². The van der Waals surface area contributed by atoms with E-state index in [0.717, 1.165) is 15.5 Å². The summed E-state index contributed by atoms with van der Waals surface area (Å²) in [6.45, 7) is 0. The van der Waals surface area contributed by atoms with Gasteiger partial charge in [0.15, 0.2) is 0 Å². The second-order valence-corrected chi connectivity index (χ2v) is 5.63. The number of benzene rings is 2. The van der Waals surface area contributed by atoms with Gasteiger partial charge in [-0.25, -0.2) is 4.98 Å². The molecule has 0 saturated heterocycles. The van der Waals surface area contributed by atoms with Gasteiger partial charge in [-0.05, 0) is 40.2 Å². The van der Waals surface area contributed by atoms with Gasteiger partial charge in [0.05, 0.1) is 19.0 Å². The first kappa shape index (κ1) is 14.6. The van der Waals surface area contributed by atoms with Gasteiger partial charge >= 0.3 is 0 Å². The standard InChI is InChI=1S/C16H14BrN3O2/c1-22-11-5-2-4-10(8-11)18-15(21)9-14-19-13-7-3-6-12(17)16(13)20-14/h2-8H,9H2,1H3,(H,18,21)(H,19,20). The number of H-pyrrole nitrogens is 1. The summed E-state index contributed by atoms with van der Waals surface area (Å²) in [4.78, 5) is 19.7. The van der Waals surface area contributed by atoms with Crippen LogP contribution in [-0.2, 0) is 11.2 Å². The second-order valence-electron chi connectivity index (χ2n) is 4.78. The number of nitrogens with one attached hydrogen (secondary N) is 2. The summed E-state index contributed by atoms with van der Waals surface area (Å²) in [5.74, 6) is 1.19. The van der Waals surface area contributed by atoms with E-state index in [1.54, 1.807) is 13.2 Å². The number of aromatic amines is 1. The largest absolute Gasteiger partial charge is 0.497 e. The molecule has 3 aromatic rings. The minimum absolute atomic E-state index is 0.136. The first-order valence-electron chi connectivity index (χ1n) is 6.73. The van der Waals surface area contributed by atoms with Crippen molar-refractivity contribution < 1.29 is 9.53 Å². The number of carbonyl (C=O) groups excluding carboxylic acids is 1. The van der Waals surface area contributed by atoms with Crippen molar-refractivity contribution in [3.63, 3.8) is 0 Å². The molecule has 112 valence electrons. The van der Waals surface area contributed by atoms with Crippen LogP contribution in [0.4, 0.5) is 5.69 Å². The number of methoxy groups -OCH3 is 1. The van der Waals surface area contributed by atoms with Gasteiger partial charge in [0, 0.05) is 16.2 Å². The molecular formula is C16H14BrN3O2. The number of para-hydroxylation sites is 1. The zero-order chi connectivity index (χ0) is 15.5. The molecule has 1 aromatic heterocycles. The average Bonchev–Trinajstić information content (AvgIpc) is 2.91. The van der Waals surface area contributed by atoms with E-state index in [9.17, 15) is 4.79 Å². The Hall–Kier alpha value is -2.34. The molecule has 2 aromatic carbocycles. The Morgan fingerprint density at radius 3 is 2.91 bits per heavy atom. The van der Waals surface area contributed by atoms with E-state index < -0.39 is 0 Å². The first-order valence-corrected chi connectivity index (χ1v) is 7.52. The summed E-state index contributed by atoms with van der Waals surface area (Å²) in [5, 5.41) is 2.83. The number of halogens is 1. The maximum atomic E-state index is 12.1. The number of fused-ring (bicyclic) bond motifs is 1. The number of carbonyl (C=O) groups is 1. The van der Waals surface area contributed by atoms with E-state index in [2.05, 4.69) is 31.2 Å². The summed E-state index contributed by atoms with van der Waals surface area (Å²) in [6, 6.07) is 13.0. The third-order valence-corrected chi connectivity index (χ3v) is 3.83. The highest BCUT2D eigenvalue weighted by molar-refractivity contribution is 9.10. The predicted octanol–water partition coefficient (Wildman–Crippen LogP) is 3.52. The molecule has 0 spiro atoms. The van der Waals surface area contributed by atoms with Crippen molar-refractivity contribution in [1.29, 1.82) is 0 Å². The Balaban J connectivity index is 1.74. The quantitative estimate of drug-likeness (QED) is 0.748. The Morgan fingerprint density at radius 2 is 2.14 bits per heavy atom. The van der Waals surface area contributed by atoms with Gasteiger partial charge in [0.1, 0.15) is 17.1 Å². The summed E-state index contributed by atoms with van der Waals surface area (Å²) in [6.07, 6.45) is 0.179. The topological polar surface area (TPSA) is 67.0 Å². The lowest BCUT2D eigenvalue weighted by Crippen LogP contribution is -2.15. The number of rotatable bonds is 4. The predicted molar refractivity (Wildman–Crippen MR) is 89.1 cm³/mol. The van der Waals surface area contributed by atoms with Gasteiger partial charge in [-0.1, -0.05) is 12.1 Å². The van der Waals surface area contributed by atoms with Crippen LogP contribution in [0.2, 0.25) is 0 Å². The molecule has 0 fully saturated rings. The number of imidazole rings is 1. The van der Waals surface area contributed by atoms with Crippen LogP contribution in [0.3, 0.4) is 0 Å². The molecule has 0 saturated carbocycles. The van der Waals surface area contributed by atoms with Crippen molar-refractivity contribution >= 4 is 38.6 Å². The third kappa shape index (κ3) is 3.12. The number of ether oxygens (including phenoxy) is 1. The number of hydrogen-bond donors (Lipinski definition) is 2. The molecule has 0 aliphatic rings. The Morgan fingerprint density at radius 1 is 1.32 bits per heavy atom. The first-order chi connectivity index (χ1) is 10.7. The number of hydrogen-bond acceptors (Lipinski definition) is 3. The highest BCUT2D eigenvalue weighted by Gasteiger charge is 2.10. The van der Waals surface area contributed by atoms with Gasteiger partial charge in [-0.15, -0.1) is 0 Å². The van der Waals surface area contributed by atoms with Crippen LogP contribution in [0.1, 0.15) is 5.82 Å². The minimum atomic E-state index is -0.136. The van der Waals surface area contributed by atoms with Gasteiger partial charge < -0.3 is 15.0 Å². The monoisotopic (exact) mass is 359 g/mol. The third-order valence-electron chi connectivity index (χ3n) is 3.19. The number of amides is 1. The molecule has 5 nitrogen and oxygen atoms in total. The molecule has 0 aliphatic carbocycles. The van der Waals surface area contributed by atoms with Crippen molar-refractivity contribution in [3.8, 4) is 5.75 Å². The Bertz CT molecular complexity index is 829. The number of aromatic nitrogens is 2. The van der Waals surface area contributed by atoms with Gasteiger partial charge in [0.25, 0.3) is 0 Å². The van der Waals surface area contributed by atoms with E-state index in [4.69, 9.17) is 4.74 Å². The number of nitrogens with zero attached hydrogens (tertiary/aromatic N) is 1. The molecule has 0 unspecified atom stereocenters. The molecule has 0 bridgehead atoms. The Labute approximate surface area is 135 Å². The van der Waals surface area contributed by atoms with Gasteiger partial charge in [0.2, 0.25) is 5.91 Å². The highest BCUT2D eigenvalue weighted by atomic mass is 79.9. The molecule has 2 N–H and O–H groups in total. The molecule has 0 atom stereocenters. The van der Waals surface area contributed by atoms with Gasteiger partial charge in [-0.3, -0.25) is 4.79 Å². The second kappa shape index (κ2) is 6.19. The van der Waals surface area contributed by atoms with Crippen LogP contribution in [0.25, 0.3) is 11.0 Å². The molecule has 3 rings (SSSR count). The molecular weight excluding hydrogens is 346 g/mol. The smallest absolute Gasteiger partial charge is 0.231 e. The molecule has 22 heavy (non-hydrogen) atoms. The van der Waals surface area contributed by atoms with Crippen LogP contribution in [0.15, 0.2) is 46.9 Å². The van der Waals surface area contributed by atoms with E-state index in [0.29, 0.717) is 17.3 Å². The van der Waals surface area contributed by atoms with Crippen LogP contribution < -0.4 is 10.1 Å². The maximum absolute atomic E-state index is 12.1. The average molecular weight is 360 g/mol. The van der Waals surface area contributed by atoms with Crippen molar-refractivity contribution in [2.45, 2.75) is 6.42 Å². The van der Waals surface area contributed by atoms with Crippen LogP contribution in [-0.4, -0.2) is 23.0 Å². The lowest BCUT2D eigenvalue weighted by atomic mass is 10.3. The van der Waals surface area contributed by atoms with Crippen molar-refractivity contribution in [1.82, 2.24) is 9.97 Å². The van der Waals surface area contributed by atoms with Crippen LogP contribution in [0, 0.1) is 0 Å². The zero-order valence-electron chi connectivity index (χ0n) is 11.9. The fourth-order valence-electron chi connectivity index (χ4n) is 2.19. The molecule has 0 aliphatic heterocycles. The van der Waals surface area contributed by atoms with Crippen LogP contribution in [0.5, 0.6) is 5.75 Å². The molecule has 6 heteroatoms. The number of anilines is 1. The summed E-state index contributed by atoms with van der Waals surface area (Å²) in [5.41, 5.74) is 2.42. The zero-order valence-corrected chi connectivity index (χ0v) is 13.5. The van der Waals surface area contributed by atoms with E-state index in [-0.39, 0.29) is 12.3 Å². The lowest BCUT2D eigenvalue weighted by Gasteiger charge is -2.06. The van der Waals surface area contributed by atoms with E-state index in [1.807, 2.05) is 36.4 Å². The normalized spacial score (nSPS) is 10.6.